The summed E-state index contributed by atoms with van der Waals surface area (Å²) in [6.45, 7) is 1.60. The van der Waals surface area contributed by atoms with E-state index in [4.69, 9.17) is 19.3 Å². The lowest BCUT2D eigenvalue weighted by molar-refractivity contribution is -0.168. The van der Waals surface area contributed by atoms with Crippen LogP contribution in [0.15, 0.2) is 0 Å². The van der Waals surface area contributed by atoms with Gasteiger partial charge >= 0.3 is 5.97 Å². The predicted octanol–water partition coefficient (Wildman–Crippen LogP) is -0.236. The van der Waals surface area contributed by atoms with Gasteiger partial charge in [-0.15, -0.1) is 0 Å². The van der Waals surface area contributed by atoms with Gasteiger partial charge in [-0.25, -0.2) is 4.79 Å². The Kier molecular flexibility index (Phi) is 9.71. The van der Waals surface area contributed by atoms with E-state index in [-0.39, 0.29) is 18.8 Å². The summed E-state index contributed by atoms with van der Waals surface area (Å²) in [6.07, 6.45) is 3.02. The van der Waals surface area contributed by atoms with E-state index in [2.05, 4.69) is 10.1 Å². The second-order valence-electron chi connectivity index (χ2n) is 4.52. The van der Waals surface area contributed by atoms with Gasteiger partial charge in [0.15, 0.2) is 6.29 Å². The molecule has 1 aliphatic rings. The number of carbonyl (C=O) groups excluding carboxylic acids is 1. The van der Waals surface area contributed by atoms with Crippen molar-refractivity contribution in [1.82, 2.24) is 5.32 Å². The molecule has 1 atom stereocenters. The third-order valence-corrected chi connectivity index (χ3v) is 2.70. The maximum Gasteiger partial charge on any atom is 0.329 e. The van der Waals surface area contributed by atoms with Crippen molar-refractivity contribution in [1.29, 1.82) is 0 Å². The number of carboxylic acids is 1. The molecule has 8 nitrogen and oxygen atoms in total. The van der Waals surface area contributed by atoms with E-state index in [1.165, 1.54) is 0 Å². The molecule has 0 aromatic heterocycles. The van der Waals surface area contributed by atoms with Gasteiger partial charge in [0.1, 0.15) is 13.2 Å². The summed E-state index contributed by atoms with van der Waals surface area (Å²) in [4.78, 5) is 21.4. The fourth-order valence-electron chi connectivity index (χ4n) is 1.73. The molecule has 21 heavy (non-hydrogen) atoms. The van der Waals surface area contributed by atoms with Crippen LogP contribution in [-0.2, 0) is 28.5 Å². The SMILES string of the molecule is O=C(O)COCC(=O)NCCOCCOC1CCCCO1. The monoisotopic (exact) mass is 305 g/mol. The van der Waals surface area contributed by atoms with Crippen molar-refractivity contribution in [2.75, 3.05) is 46.2 Å². The minimum Gasteiger partial charge on any atom is -0.480 e. The zero-order valence-corrected chi connectivity index (χ0v) is 12.0. The highest BCUT2D eigenvalue weighted by Crippen LogP contribution is 2.13. The van der Waals surface area contributed by atoms with E-state index >= 15 is 0 Å². The molecule has 1 saturated heterocycles. The van der Waals surface area contributed by atoms with E-state index in [0.29, 0.717) is 26.4 Å². The Hall–Kier alpha value is -1.22. The van der Waals surface area contributed by atoms with Crippen LogP contribution >= 0.6 is 0 Å². The number of hydrogen-bond donors (Lipinski definition) is 2. The summed E-state index contributed by atoms with van der Waals surface area (Å²) in [5.41, 5.74) is 0. The number of carboxylic acid groups (broad SMARTS) is 1. The van der Waals surface area contributed by atoms with Crippen molar-refractivity contribution in [3.63, 3.8) is 0 Å². The summed E-state index contributed by atoms with van der Waals surface area (Å²) < 4.78 is 20.8. The van der Waals surface area contributed by atoms with Gasteiger partial charge in [-0.2, -0.15) is 0 Å². The van der Waals surface area contributed by atoms with Crippen molar-refractivity contribution in [2.45, 2.75) is 25.6 Å². The molecule has 0 aliphatic carbocycles. The number of aliphatic carboxylic acids is 1. The molecule has 0 saturated carbocycles. The van der Waals surface area contributed by atoms with Crippen LogP contribution in [0, 0.1) is 0 Å². The van der Waals surface area contributed by atoms with Crippen LogP contribution in [0.1, 0.15) is 19.3 Å². The molecule has 0 aromatic rings. The Morgan fingerprint density at radius 3 is 2.71 bits per heavy atom. The molecular formula is C13H23NO7. The first-order valence-corrected chi connectivity index (χ1v) is 7.05. The Morgan fingerprint density at radius 2 is 2.00 bits per heavy atom. The van der Waals surface area contributed by atoms with E-state index in [1.807, 2.05) is 0 Å². The van der Waals surface area contributed by atoms with Gasteiger partial charge in [0.05, 0.1) is 19.8 Å². The van der Waals surface area contributed by atoms with Gasteiger partial charge < -0.3 is 29.4 Å². The number of ether oxygens (including phenoxy) is 4. The summed E-state index contributed by atoms with van der Waals surface area (Å²) in [5.74, 6) is -1.47. The smallest absolute Gasteiger partial charge is 0.329 e. The second-order valence-corrected chi connectivity index (χ2v) is 4.52. The van der Waals surface area contributed by atoms with Gasteiger partial charge in [-0.3, -0.25) is 4.79 Å². The standard InChI is InChI=1S/C13H23NO7/c15-11(9-19-10-12(16)17)14-4-6-18-7-8-21-13-3-1-2-5-20-13/h13H,1-10H2,(H,14,15)(H,16,17). The molecule has 0 bridgehead atoms. The van der Waals surface area contributed by atoms with Gasteiger partial charge in [0.25, 0.3) is 0 Å². The fraction of sp³-hybridized carbons (Fsp3) is 0.846. The van der Waals surface area contributed by atoms with Crippen molar-refractivity contribution in [3.8, 4) is 0 Å². The lowest BCUT2D eigenvalue weighted by Gasteiger charge is -2.22. The van der Waals surface area contributed by atoms with Crippen LogP contribution in [-0.4, -0.2) is 69.5 Å². The van der Waals surface area contributed by atoms with Gasteiger partial charge in [-0.05, 0) is 19.3 Å². The molecule has 8 heteroatoms. The molecule has 0 spiro atoms. The lowest BCUT2D eigenvalue weighted by atomic mass is 10.2. The number of amides is 1. The van der Waals surface area contributed by atoms with E-state index in [0.717, 1.165) is 25.9 Å². The Morgan fingerprint density at radius 1 is 1.14 bits per heavy atom. The first-order chi connectivity index (χ1) is 10.2. The fourth-order valence-corrected chi connectivity index (χ4v) is 1.73. The zero-order valence-electron chi connectivity index (χ0n) is 12.0. The summed E-state index contributed by atoms with van der Waals surface area (Å²) in [5, 5.41) is 10.9. The molecule has 1 amide bonds. The number of hydrogen-bond acceptors (Lipinski definition) is 6. The van der Waals surface area contributed by atoms with Crippen molar-refractivity contribution < 1.29 is 33.6 Å². The first-order valence-electron chi connectivity index (χ1n) is 7.05. The van der Waals surface area contributed by atoms with Crippen molar-refractivity contribution in [2.24, 2.45) is 0 Å². The molecule has 1 aliphatic heterocycles. The van der Waals surface area contributed by atoms with Crippen molar-refractivity contribution in [3.05, 3.63) is 0 Å². The van der Waals surface area contributed by atoms with Gasteiger partial charge in [0, 0.05) is 13.2 Å². The van der Waals surface area contributed by atoms with E-state index in [1.54, 1.807) is 0 Å². The highest BCUT2D eigenvalue weighted by atomic mass is 16.7. The molecule has 122 valence electrons. The highest BCUT2D eigenvalue weighted by molar-refractivity contribution is 5.77. The molecule has 1 rings (SSSR count). The zero-order chi connectivity index (χ0) is 15.3. The van der Waals surface area contributed by atoms with Crippen molar-refractivity contribution >= 4 is 11.9 Å². The van der Waals surface area contributed by atoms with Crippen LogP contribution in [0.3, 0.4) is 0 Å². The quantitative estimate of drug-likeness (QED) is 0.508. The Balaban J connectivity index is 1.83. The Labute approximate surface area is 123 Å². The Bertz CT molecular complexity index is 305. The minimum absolute atomic E-state index is 0.117. The van der Waals surface area contributed by atoms with Crippen LogP contribution in [0.5, 0.6) is 0 Å². The topological polar surface area (TPSA) is 103 Å². The molecule has 0 aromatic carbocycles. The van der Waals surface area contributed by atoms with Gasteiger partial charge in [0.2, 0.25) is 5.91 Å². The summed E-state index contributed by atoms with van der Waals surface area (Å²) >= 11 is 0. The van der Waals surface area contributed by atoms with E-state index in [9.17, 15) is 9.59 Å². The first kappa shape index (κ1) is 17.8. The summed E-state index contributed by atoms with van der Waals surface area (Å²) in [7, 11) is 0. The van der Waals surface area contributed by atoms with Crippen LogP contribution in [0.2, 0.25) is 0 Å². The highest BCUT2D eigenvalue weighted by Gasteiger charge is 2.13. The molecule has 1 heterocycles. The van der Waals surface area contributed by atoms with Crippen LogP contribution < -0.4 is 5.32 Å². The maximum atomic E-state index is 11.2. The molecule has 2 N–H and O–H groups in total. The number of carbonyl (C=O) groups is 2. The molecule has 0 radical (unpaired) electrons. The molecular weight excluding hydrogens is 282 g/mol. The van der Waals surface area contributed by atoms with Gasteiger partial charge in [-0.1, -0.05) is 0 Å². The molecule has 1 unspecified atom stereocenters. The lowest BCUT2D eigenvalue weighted by Crippen LogP contribution is -2.31. The predicted molar refractivity (Wildman–Crippen MR) is 71.8 cm³/mol. The van der Waals surface area contributed by atoms with E-state index < -0.39 is 12.6 Å². The third kappa shape index (κ3) is 10.2. The number of rotatable bonds is 11. The normalized spacial score (nSPS) is 18.4. The molecule has 1 fully saturated rings. The summed E-state index contributed by atoms with van der Waals surface area (Å²) in [6, 6.07) is 0. The van der Waals surface area contributed by atoms with Crippen LogP contribution in [0.4, 0.5) is 0 Å². The average molecular weight is 305 g/mol. The average Bonchev–Trinajstić information content (AvgIpc) is 2.47. The maximum absolute atomic E-state index is 11.2. The number of nitrogens with one attached hydrogen (secondary N) is 1. The minimum atomic E-state index is -1.10. The second kappa shape index (κ2) is 11.4. The third-order valence-electron chi connectivity index (χ3n) is 2.70. The largest absolute Gasteiger partial charge is 0.480 e. The van der Waals surface area contributed by atoms with Crippen LogP contribution in [0.25, 0.3) is 0 Å².